The monoisotopic (exact) mass is 271 g/mol. The van der Waals surface area contributed by atoms with Crippen LogP contribution >= 0.6 is 11.8 Å². The van der Waals surface area contributed by atoms with Crippen LogP contribution in [0, 0.1) is 11.3 Å². The van der Waals surface area contributed by atoms with E-state index in [1.807, 2.05) is 11.8 Å². The van der Waals surface area contributed by atoms with Gasteiger partial charge in [0, 0.05) is 17.3 Å². The summed E-state index contributed by atoms with van der Waals surface area (Å²) in [4.78, 5) is 0. The Balaban J connectivity index is 2.49. The molecule has 2 unspecified atom stereocenters. The smallest absolute Gasteiger partial charge is 0.0276 e. The van der Waals surface area contributed by atoms with E-state index >= 15 is 0 Å². The topological polar surface area (TPSA) is 12.0 Å². The Morgan fingerprint density at radius 3 is 2.33 bits per heavy atom. The predicted molar refractivity (Wildman–Crippen MR) is 85.4 cm³/mol. The molecule has 0 bridgehead atoms. The standard InChI is InChI=1S/C16H33NS/c1-7-16(8-2,18-6)12-17-14-9-10-15(4,5)11-13(14)3/h13-14,17H,7-12H2,1-6H3. The Morgan fingerprint density at radius 2 is 1.89 bits per heavy atom. The van der Waals surface area contributed by atoms with Crippen LogP contribution in [-0.4, -0.2) is 23.6 Å². The van der Waals surface area contributed by atoms with Crippen LogP contribution in [0.3, 0.4) is 0 Å². The van der Waals surface area contributed by atoms with Gasteiger partial charge in [-0.3, -0.25) is 0 Å². The van der Waals surface area contributed by atoms with E-state index in [-0.39, 0.29) is 0 Å². The zero-order valence-electron chi connectivity index (χ0n) is 13.3. The van der Waals surface area contributed by atoms with E-state index in [1.165, 1.54) is 38.6 Å². The zero-order chi connectivity index (χ0) is 13.8. The van der Waals surface area contributed by atoms with Crippen LogP contribution in [0.25, 0.3) is 0 Å². The van der Waals surface area contributed by atoms with Gasteiger partial charge in [-0.25, -0.2) is 0 Å². The molecule has 1 N–H and O–H groups in total. The molecule has 18 heavy (non-hydrogen) atoms. The lowest BCUT2D eigenvalue weighted by atomic mass is 9.70. The average Bonchev–Trinajstić information content (AvgIpc) is 2.33. The van der Waals surface area contributed by atoms with Crippen LogP contribution < -0.4 is 5.32 Å². The molecular formula is C16H33NS. The Morgan fingerprint density at radius 1 is 1.28 bits per heavy atom. The molecule has 0 heterocycles. The Labute approximate surface area is 119 Å². The van der Waals surface area contributed by atoms with Crippen molar-refractivity contribution >= 4 is 11.8 Å². The number of nitrogens with one attached hydrogen (secondary N) is 1. The highest BCUT2D eigenvalue weighted by Crippen LogP contribution is 2.39. The van der Waals surface area contributed by atoms with Crippen molar-refractivity contribution in [2.45, 2.75) is 77.5 Å². The quantitative estimate of drug-likeness (QED) is 0.750. The Kier molecular flexibility index (Phi) is 6.05. The molecule has 0 aromatic carbocycles. The number of rotatable bonds is 6. The van der Waals surface area contributed by atoms with Crippen molar-refractivity contribution in [3.63, 3.8) is 0 Å². The third kappa shape index (κ3) is 4.16. The highest BCUT2D eigenvalue weighted by atomic mass is 32.2. The second-order valence-corrected chi connectivity index (χ2v) is 8.24. The summed E-state index contributed by atoms with van der Waals surface area (Å²) < 4.78 is 0.451. The van der Waals surface area contributed by atoms with Gasteiger partial charge in [0.2, 0.25) is 0 Å². The SMILES string of the molecule is CCC(CC)(CNC1CCC(C)(C)CC1C)SC. The number of hydrogen-bond acceptors (Lipinski definition) is 2. The largest absolute Gasteiger partial charge is 0.312 e. The molecule has 1 fully saturated rings. The van der Waals surface area contributed by atoms with Crippen molar-refractivity contribution in [1.82, 2.24) is 5.32 Å². The van der Waals surface area contributed by atoms with E-state index in [0.29, 0.717) is 10.2 Å². The van der Waals surface area contributed by atoms with E-state index in [2.05, 4.69) is 46.2 Å². The van der Waals surface area contributed by atoms with E-state index in [1.54, 1.807) is 0 Å². The van der Waals surface area contributed by atoms with Gasteiger partial charge in [0.1, 0.15) is 0 Å². The van der Waals surface area contributed by atoms with Crippen LogP contribution in [0.15, 0.2) is 0 Å². The van der Waals surface area contributed by atoms with Gasteiger partial charge in [0.05, 0.1) is 0 Å². The molecule has 1 nitrogen and oxygen atoms in total. The third-order valence-corrected chi connectivity index (χ3v) is 6.69. The van der Waals surface area contributed by atoms with Crippen molar-refractivity contribution in [3.05, 3.63) is 0 Å². The molecule has 2 heteroatoms. The second-order valence-electron chi connectivity index (χ2n) is 6.97. The fraction of sp³-hybridized carbons (Fsp3) is 1.00. The second kappa shape index (κ2) is 6.65. The summed E-state index contributed by atoms with van der Waals surface area (Å²) in [5, 5.41) is 3.88. The van der Waals surface area contributed by atoms with Crippen molar-refractivity contribution in [3.8, 4) is 0 Å². The minimum Gasteiger partial charge on any atom is -0.312 e. The van der Waals surface area contributed by atoms with Gasteiger partial charge in [-0.05, 0) is 49.7 Å². The van der Waals surface area contributed by atoms with Gasteiger partial charge in [-0.2, -0.15) is 11.8 Å². The average molecular weight is 272 g/mol. The van der Waals surface area contributed by atoms with E-state index < -0.39 is 0 Å². The van der Waals surface area contributed by atoms with Gasteiger partial charge in [-0.15, -0.1) is 0 Å². The van der Waals surface area contributed by atoms with E-state index in [9.17, 15) is 0 Å². The maximum atomic E-state index is 3.88. The first-order valence-corrected chi connectivity index (χ1v) is 8.89. The van der Waals surface area contributed by atoms with Gasteiger partial charge >= 0.3 is 0 Å². The van der Waals surface area contributed by atoms with Gasteiger partial charge in [0.25, 0.3) is 0 Å². The molecule has 0 radical (unpaired) electrons. The van der Waals surface area contributed by atoms with Crippen molar-refractivity contribution < 1.29 is 0 Å². The van der Waals surface area contributed by atoms with Crippen molar-refractivity contribution in [2.24, 2.45) is 11.3 Å². The third-order valence-electron chi connectivity index (χ3n) is 5.10. The molecule has 1 saturated carbocycles. The maximum absolute atomic E-state index is 3.88. The van der Waals surface area contributed by atoms with Crippen LogP contribution in [0.4, 0.5) is 0 Å². The molecule has 0 aromatic rings. The lowest BCUT2D eigenvalue weighted by molar-refractivity contribution is 0.147. The Bertz CT molecular complexity index is 237. The van der Waals surface area contributed by atoms with Gasteiger partial charge in [0.15, 0.2) is 0 Å². The molecule has 0 aliphatic heterocycles. The number of thioether (sulfide) groups is 1. The normalized spacial score (nSPS) is 28.3. The summed E-state index contributed by atoms with van der Waals surface area (Å²) >= 11 is 2.04. The highest BCUT2D eigenvalue weighted by molar-refractivity contribution is 8.00. The van der Waals surface area contributed by atoms with Gasteiger partial charge in [-0.1, -0.05) is 34.6 Å². The molecule has 0 aromatic heterocycles. The summed E-state index contributed by atoms with van der Waals surface area (Å²) in [6.45, 7) is 13.1. The lowest BCUT2D eigenvalue weighted by Crippen LogP contribution is -2.47. The van der Waals surface area contributed by atoms with Crippen LogP contribution in [-0.2, 0) is 0 Å². The van der Waals surface area contributed by atoms with Crippen molar-refractivity contribution in [2.75, 3.05) is 12.8 Å². The summed E-state index contributed by atoms with van der Waals surface area (Å²) in [7, 11) is 0. The molecule has 1 rings (SSSR count). The predicted octanol–water partition coefficient (Wildman–Crippen LogP) is 4.71. The molecule has 1 aliphatic carbocycles. The lowest BCUT2D eigenvalue weighted by Gasteiger charge is -2.41. The first-order valence-electron chi connectivity index (χ1n) is 7.66. The molecular weight excluding hydrogens is 238 g/mol. The minimum atomic E-state index is 0.451. The fourth-order valence-electron chi connectivity index (χ4n) is 3.43. The molecule has 1 aliphatic rings. The minimum absolute atomic E-state index is 0.451. The first-order chi connectivity index (χ1) is 8.38. The fourth-order valence-corrected chi connectivity index (χ4v) is 4.23. The van der Waals surface area contributed by atoms with Gasteiger partial charge < -0.3 is 5.32 Å². The van der Waals surface area contributed by atoms with E-state index in [0.717, 1.165) is 12.0 Å². The molecule has 2 atom stereocenters. The Hall–Kier alpha value is 0.310. The summed E-state index contributed by atoms with van der Waals surface area (Å²) in [6.07, 6.45) is 8.90. The summed E-state index contributed by atoms with van der Waals surface area (Å²) in [6, 6.07) is 0.739. The van der Waals surface area contributed by atoms with Crippen LogP contribution in [0.2, 0.25) is 0 Å². The summed E-state index contributed by atoms with van der Waals surface area (Å²) in [5.74, 6) is 0.821. The summed E-state index contributed by atoms with van der Waals surface area (Å²) in [5.41, 5.74) is 0.559. The maximum Gasteiger partial charge on any atom is 0.0276 e. The molecule has 108 valence electrons. The number of hydrogen-bond donors (Lipinski definition) is 1. The highest BCUT2D eigenvalue weighted by Gasteiger charge is 2.33. The molecule has 0 spiro atoms. The molecule has 0 saturated heterocycles. The molecule has 0 amide bonds. The van der Waals surface area contributed by atoms with Crippen molar-refractivity contribution in [1.29, 1.82) is 0 Å². The van der Waals surface area contributed by atoms with E-state index in [4.69, 9.17) is 0 Å². The van der Waals surface area contributed by atoms with Crippen LogP contribution in [0.5, 0.6) is 0 Å². The zero-order valence-corrected chi connectivity index (χ0v) is 14.1. The first kappa shape index (κ1) is 16.4. The van der Waals surface area contributed by atoms with Crippen LogP contribution in [0.1, 0.15) is 66.7 Å².